The predicted octanol–water partition coefficient (Wildman–Crippen LogP) is 6.37. The molecule has 0 bridgehead atoms. The Kier molecular flexibility index (Phi) is 8.98. The molecule has 2 amide bonds. The second-order valence-corrected chi connectivity index (χ2v) is 10.2. The van der Waals surface area contributed by atoms with E-state index < -0.39 is 0 Å². The summed E-state index contributed by atoms with van der Waals surface area (Å²) in [5, 5.41) is 3.83. The van der Waals surface area contributed by atoms with Gasteiger partial charge in [-0.1, -0.05) is 29.8 Å². The summed E-state index contributed by atoms with van der Waals surface area (Å²) < 4.78 is 17.2. The van der Waals surface area contributed by atoms with Gasteiger partial charge in [0.2, 0.25) is 0 Å². The SMILES string of the molecule is COc1ccccc1NC(=O)COc1ccc(/C=C2/SC(=Nc3ccc(Br)c(Cl)c3)N(C)C2=O)cc1OC. The highest BCUT2D eigenvalue weighted by Gasteiger charge is 2.30. The average Bonchev–Trinajstić information content (AvgIpc) is 3.17. The lowest BCUT2D eigenvalue weighted by Crippen LogP contribution is -2.23. The molecular weight excluding hydrogens is 594 g/mol. The van der Waals surface area contributed by atoms with Crippen LogP contribution in [0.15, 0.2) is 75.0 Å². The number of aliphatic imine (C=N–C) groups is 1. The first-order valence-electron chi connectivity index (χ1n) is 11.2. The second-order valence-electron chi connectivity index (χ2n) is 7.92. The number of carbonyl (C=O) groups is 2. The molecule has 0 radical (unpaired) electrons. The topological polar surface area (TPSA) is 89.5 Å². The normalized spacial score (nSPS) is 15.2. The Bertz CT molecular complexity index is 1450. The van der Waals surface area contributed by atoms with Crippen molar-refractivity contribution in [2.45, 2.75) is 0 Å². The number of nitrogens with one attached hydrogen (secondary N) is 1. The molecule has 3 aromatic carbocycles. The lowest BCUT2D eigenvalue weighted by Gasteiger charge is -2.13. The molecule has 1 heterocycles. The van der Waals surface area contributed by atoms with Crippen LogP contribution in [-0.4, -0.2) is 49.8 Å². The van der Waals surface area contributed by atoms with Crippen molar-refractivity contribution in [3.63, 3.8) is 0 Å². The molecule has 0 aromatic heterocycles. The van der Waals surface area contributed by atoms with Gasteiger partial charge in [-0.3, -0.25) is 14.5 Å². The van der Waals surface area contributed by atoms with Gasteiger partial charge in [-0.25, -0.2) is 4.99 Å². The van der Waals surface area contributed by atoms with Crippen molar-refractivity contribution in [3.05, 3.63) is 80.6 Å². The van der Waals surface area contributed by atoms with Crippen molar-refractivity contribution in [1.29, 1.82) is 0 Å². The molecule has 1 fully saturated rings. The molecule has 0 aliphatic carbocycles. The summed E-state index contributed by atoms with van der Waals surface area (Å²) >= 11 is 10.8. The van der Waals surface area contributed by atoms with Gasteiger partial charge in [-0.05, 0) is 81.8 Å². The third-order valence-corrected chi connectivity index (χ3v) is 7.65. The van der Waals surface area contributed by atoms with Gasteiger partial charge < -0.3 is 19.5 Å². The first kappa shape index (κ1) is 27.6. The van der Waals surface area contributed by atoms with Crippen molar-refractivity contribution >= 4 is 73.7 Å². The zero-order valence-electron chi connectivity index (χ0n) is 20.7. The van der Waals surface area contributed by atoms with E-state index in [1.54, 1.807) is 61.7 Å². The van der Waals surface area contributed by atoms with Gasteiger partial charge in [0, 0.05) is 11.5 Å². The van der Waals surface area contributed by atoms with E-state index in [0.717, 1.165) is 10.0 Å². The minimum atomic E-state index is -0.349. The number of hydrogen-bond acceptors (Lipinski definition) is 7. The number of ether oxygens (including phenoxy) is 3. The van der Waals surface area contributed by atoms with E-state index >= 15 is 0 Å². The van der Waals surface area contributed by atoms with Gasteiger partial charge in [0.1, 0.15) is 5.75 Å². The maximum atomic E-state index is 12.8. The van der Waals surface area contributed by atoms with Crippen molar-refractivity contribution in [2.75, 3.05) is 33.2 Å². The third-order valence-electron chi connectivity index (χ3n) is 5.36. The summed E-state index contributed by atoms with van der Waals surface area (Å²) in [5.74, 6) is 0.838. The number of benzene rings is 3. The maximum absolute atomic E-state index is 12.8. The van der Waals surface area contributed by atoms with E-state index in [4.69, 9.17) is 25.8 Å². The summed E-state index contributed by atoms with van der Waals surface area (Å²) in [7, 11) is 4.71. The first-order chi connectivity index (χ1) is 18.3. The number of methoxy groups -OCH3 is 2. The highest BCUT2D eigenvalue weighted by Crippen LogP contribution is 2.36. The third kappa shape index (κ3) is 6.50. The van der Waals surface area contributed by atoms with Crippen LogP contribution in [0.3, 0.4) is 0 Å². The molecule has 1 saturated heterocycles. The standard InChI is InChI=1S/C27H23BrClN3O5S/c1-32-26(34)24(38-27(32)30-17-9-10-18(28)19(29)14-17)13-16-8-11-22(23(12-16)36-3)37-15-25(33)31-20-6-4-5-7-21(20)35-2/h4-14H,15H2,1-3H3,(H,31,33)/b24-13+,30-27?. The van der Waals surface area contributed by atoms with Gasteiger partial charge >= 0.3 is 0 Å². The highest BCUT2D eigenvalue weighted by atomic mass is 79.9. The Morgan fingerprint density at radius 1 is 1.08 bits per heavy atom. The molecule has 0 spiro atoms. The van der Waals surface area contributed by atoms with Crippen molar-refractivity contribution < 1.29 is 23.8 Å². The summed E-state index contributed by atoms with van der Waals surface area (Å²) in [4.78, 5) is 31.8. The molecule has 4 rings (SSSR count). The zero-order valence-corrected chi connectivity index (χ0v) is 23.8. The average molecular weight is 617 g/mol. The zero-order chi connectivity index (χ0) is 27.2. The number of amidine groups is 1. The largest absolute Gasteiger partial charge is 0.495 e. The van der Waals surface area contributed by atoms with Gasteiger partial charge in [0.05, 0.1) is 35.5 Å². The van der Waals surface area contributed by atoms with E-state index in [2.05, 4.69) is 26.2 Å². The number of carbonyl (C=O) groups excluding carboxylic acids is 2. The number of anilines is 1. The molecule has 1 N–H and O–H groups in total. The highest BCUT2D eigenvalue weighted by molar-refractivity contribution is 9.10. The number of halogens is 2. The summed E-state index contributed by atoms with van der Waals surface area (Å²) in [6.07, 6.45) is 1.75. The number of nitrogens with zero attached hydrogens (tertiary/aromatic N) is 2. The molecule has 3 aromatic rings. The fourth-order valence-electron chi connectivity index (χ4n) is 3.44. The Hall–Kier alpha value is -3.47. The second kappa shape index (κ2) is 12.4. The van der Waals surface area contributed by atoms with Crippen LogP contribution in [-0.2, 0) is 9.59 Å². The van der Waals surface area contributed by atoms with Crippen molar-refractivity contribution in [1.82, 2.24) is 4.90 Å². The number of para-hydroxylation sites is 2. The van der Waals surface area contributed by atoms with Crippen molar-refractivity contribution in [2.24, 2.45) is 4.99 Å². The molecule has 1 aliphatic rings. The fourth-order valence-corrected chi connectivity index (χ4v) is 4.85. The molecule has 38 heavy (non-hydrogen) atoms. The number of rotatable bonds is 8. The number of thioether (sulfide) groups is 1. The Labute approximate surface area is 237 Å². The fraction of sp³-hybridized carbons (Fsp3) is 0.148. The summed E-state index contributed by atoms with van der Waals surface area (Å²) in [6, 6.07) is 17.6. The number of amides is 2. The van der Waals surface area contributed by atoms with E-state index in [9.17, 15) is 9.59 Å². The lowest BCUT2D eigenvalue weighted by atomic mass is 10.2. The molecule has 8 nitrogen and oxygen atoms in total. The van der Waals surface area contributed by atoms with Crippen LogP contribution in [0, 0.1) is 0 Å². The van der Waals surface area contributed by atoms with Gasteiger partial charge in [0.25, 0.3) is 11.8 Å². The molecule has 0 saturated carbocycles. The van der Waals surface area contributed by atoms with E-state index in [0.29, 0.717) is 43.7 Å². The first-order valence-corrected chi connectivity index (χ1v) is 13.2. The molecule has 196 valence electrons. The monoisotopic (exact) mass is 615 g/mol. The van der Waals surface area contributed by atoms with Crippen LogP contribution < -0.4 is 19.5 Å². The van der Waals surface area contributed by atoms with Gasteiger partial charge in [0.15, 0.2) is 23.3 Å². The summed E-state index contributed by atoms with van der Waals surface area (Å²) in [5.41, 5.74) is 1.91. The smallest absolute Gasteiger partial charge is 0.266 e. The molecule has 0 unspecified atom stereocenters. The Morgan fingerprint density at radius 2 is 1.84 bits per heavy atom. The molecular formula is C27H23BrClN3O5S. The number of hydrogen-bond donors (Lipinski definition) is 1. The molecule has 1 aliphatic heterocycles. The van der Waals surface area contributed by atoms with Crippen molar-refractivity contribution in [3.8, 4) is 17.2 Å². The van der Waals surface area contributed by atoms with E-state index in [1.807, 2.05) is 12.1 Å². The van der Waals surface area contributed by atoms with Crippen LogP contribution in [0.25, 0.3) is 6.08 Å². The van der Waals surface area contributed by atoms with Crippen LogP contribution in [0.5, 0.6) is 17.2 Å². The van der Waals surface area contributed by atoms with E-state index in [1.165, 1.54) is 30.9 Å². The van der Waals surface area contributed by atoms with Crippen LogP contribution in [0.4, 0.5) is 11.4 Å². The van der Waals surface area contributed by atoms with Gasteiger partial charge in [-0.15, -0.1) is 0 Å². The van der Waals surface area contributed by atoms with Gasteiger partial charge in [-0.2, -0.15) is 0 Å². The minimum Gasteiger partial charge on any atom is -0.495 e. The molecule has 11 heteroatoms. The Morgan fingerprint density at radius 3 is 2.58 bits per heavy atom. The molecule has 0 atom stereocenters. The van der Waals surface area contributed by atoms with Crippen LogP contribution in [0.1, 0.15) is 5.56 Å². The van der Waals surface area contributed by atoms with Crippen LogP contribution in [0.2, 0.25) is 5.02 Å². The Balaban J connectivity index is 1.46. The quantitative estimate of drug-likeness (QED) is 0.296. The predicted molar refractivity (Wildman–Crippen MR) is 155 cm³/mol. The lowest BCUT2D eigenvalue weighted by molar-refractivity contribution is -0.121. The maximum Gasteiger partial charge on any atom is 0.266 e. The number of likely N-dealkylation sites (N-methyl/N-ethyl adjacent to an activating group) is 1. The summed E-state index contributed by atoms with van der Waals surface area (Å²) in [6.45, 7) is -0.228. The van der Waals surface area contributed by atoms with E-state index in [-0.39, 0.29) is 18.4 Å². The van der Waals surface area contributed by atoms with Crippen LogP contribution >= 0.6 is 39.3 Å². The minimum absolute atomic E-state index is 0.177.